The van der Waals surface area contributed by atoms with Crippen molar-refractivity contribution in [2.24, 2.45) is 0 Å². The normalized spacial score (nSPS) is 20.6. The van der Waals surface area contributed by atoms with E-state index in [0.29, 0.717) is 6.04 Å². The van der Waals surface area contributed by atoms with Crippen LogP contribution in [0.3, 0.4) is 0 Å². The van der Waals surface area contributed by atoms with Gasteiger partial charge >= 0.3 is 0 Å². The molecule has 1 aromatic rings. The fourth-order valence-corrected chi connectivity index (χ4v) is 2.45. The van der Waals surface area contributed by atoms with Crippen molar-refractivity contribution < 1.29 is 0 Å². The van der Waals surface area contributed by atoms with Gasteiger partial charge in [0.1, 0.15) is 0 Å². The van der Waals surface area contributed by atoms with Crippen molar-refractivity contribution in [3.63, 3.8) is 0 Å². The van der Waals surface area contributed by atoms with Crippen LogP contribution in [0, 0.1) is 6.92 Å². The lowest BCUT2D eigenvalue weighted by Gasteiger charge is -2.36. The zero-order valence-electron chi connectivity index (χ0n) is 10.8. The topological polar surface area (TPSA) is 41.0 Å². The van der Waals surface area contributed by atoms with Gasteiger partial charge in [0.05, 0.1) is 0 Å². The Labute approximate surface area is 103 Å². The standard InChI is InChI=1S/C13H22N4/c1-11-6-9-15-13(16-11)17-10-4-3-5-12(17)7-8-14-2/h6,9,12,14H,3-5,7-8,10H2,1-2H3. The molecule has 1 atom stereocenters. The Balaban J connectivity index is 2.10. The molecule has 1 unspecified atom stereocenters. The number of nitrogens with zero attached hydrogens (tertiary/aromatic N) is 3. The Morgan fingerprint density at radius 3 is 3.12 bits per heavy atom. The first-order chi connectivity index (χ1) is 8.31. The van der Waals surface area contributed by atoms with Crippen LogP contribution in [0.2, 0.25) is 0 Å². The van der Waals surface area contributed by atoms with E-state index in [9.17, 15) is 0 Å². The summed E-state index contributed by atoms with van der Waals surface area (Å²) in [4.78, 5) is 11.3. The van der Waals surface area contributed by atoms with Gasteiger partial charge in [-0.2, -0.15) is 0 Å². The van der Waals surface area contributed by atoms with Gasteiger partial charge in [0, 0.05) is 24.5 Å². The number of aromatic nitrogens is 2. The first-order valence-corrected chi connectivity index (χ1v) is 6.52. The number of hydrogen-bond acceptors (Lipinski definition) is 4. The number of rotatable bonds is 4. The number of nitrogens with one attached hydrogen (secondary N) is 1. The number of aryl methyl sites for hydroxylation is 1. The Morgan fingerprint density at radius 1 is 1.47 bits per heavy atom. The first kappa shape index (κ1) is 12.3. The summed E-state index contributed by atoms with van der Waals surface area (Å²) in [7, 11) is 2.01. The lowest BCUT2D eigenvalue weighted by molar-refractivity contribution is 0.427. The van der Waals surface area contributed by atoms with Crippen LogP contribution in [0.15, 0.2) is 12.3 Å². The predicted octanol–water partition coefficient (Wildman–Crippen LogP) is 1.75. The largest absolute Gasteiger partial charge is 0.338 e. The second-order valence-corrected chi connectivity index (χ2v) is 4.73. The van der Waals surface area contributed by atoms with E-state index in [-0.39, 0.29) is 0 Å². The van der Waals surface area contributed by atoms with Crippen molar-refractivity contribution in [2.75, 3.05) is 25.0 Å². The minimum Gasteiger partial charge on any atom is -0.338 e. The molecule has 2 heterocycles. The highest BCUT2D eigenvalue weighted by molar-refractivity contribution is 5.32. The molecule has 0 spiro atoms. The van der Waals surface area contributed by atoms with Gasteiger partial charge in [0.15, 0.2) is 0 Å². The summed E-state index contributed by atoms with van der Waals surface area (Å²) >= 11 is 0. The molecule has 0 saturated carbocycles. The fourth-order valence-electron chi connectivity index (χ4n) is 2.45. The molecule has 1 aliphatic heterocycles. The average molecular weight is 234 g/mol. The van der Waals surface area contributed by atoms with Crippen molar-refractivity contribution in [1.82, 2.24) is 15.3 Å². The summed E-state index contributed by atoms with van der Waals surface area (Å²) in [5.74, 6) is 0.908. The number of hydrogen-bond donors (Lipinski definition) is 1. The molecule has 17 heavy (non-hydrogen) atoms. The molecular formula is C13H22N4. The second kappa shape index (κ2) is 5.96. The number of anilines is 1. The highest BCUT2D eigenvalue weighted by atomic mass is 15.3. The van der Waals surface area contributed by atoms with E-state index in [1.165, 1.54) is 25.7 Å². The van der Waals surface area contributed by atoms with Crippen molar-refractivity contribution in [2.45, 2.75) is 38.6 Å². The summed E-state index contributed by atoms with van der Waals surface area (Å²) in [5.41, 5.74) is 1.05. The van der Waals surface area contributed by atoms with Crippen LogP contribution in [0.25, 0.3) is 0 Å². The Morgan fingerprint density at radius 2 is 2.35 bits per heavy atom. The van der Waals surface area contributed by atoms with Gasteiger partial charge < -0.3 is 10.2 Å². The van der Waals surface area contributed by atoms with Gasteiger partial charge in [-0.25, -0.2) is 9.97 Å². The maximum absolute atomic E-state index is 4.55. The van der Waals surface area contributed by atoms with Crippen molar-refractivity contribution >= 4 is 5.95 Å². The molecule has 0 amide bonds. The van der Waals surface area contributed by atoms with E-state index >= 15 is 0 Å². The maximum Gasteiger partial charge on any atom is 0.225 e. The third kappa shape index (κ3) is 3.16. The van der Waals surface area contributed by atoms with Gasteiger partial charge in [-0.15, -0.1) is 0 Å². The van der Waals surface area contributed by atoms with Gasteiger partial charge in [-0.05, 0) is 52.3 Å². The van der Waals surface area contributed by atoms with Gasteiger partial charge in [0.25, 0.3) is 0 Å². The molecule has 4 nitrogen and oxygen atoms in total. The summed E-state index contributed by atoms with van der Waals surface area (Å²) in [6.45, 7) is 4.18. The summed E-state index contributed by atoms with van der Waals surface area (Å²) in [5, 5.41) is 3.23. The fraction of sp³-hybridized carbons (Fsp3) is 0.692. The first-order valence-electron chi connectivity index (χ1n) is 6.52. The Bertz CT molecular complexity index is 353. The molecule has 1 fully saturated rings. The van der Waals surface area contributed by atoms with Gasteiger partial charge in [-0.3, -0.25) is 0 Å². The Hall–Kier alpha value is -1.16. The minimum atomic E-state index is 0.595. The molecule has 4 heteroatoms. The number of piperidine rings is 1. The van der Waals surface area contributed by atoms with E-state index in [4.69, 9.17) is 0 Å². The predicted molar refractivity (Wildman–Crippen MR) is 70.3 cm³/mol. The molecule has 0 aliphatic carbocycles. The molecule has 2 rings (SSSR count). The van der Waals surface area contributed by atoms with Gasteiger partial charge in [0.2, 0.25) is 5.95 Å². The van der Waals surface area contributed by atoms with Crippen molar-refractivity contribution in [3.05, 3.63) is 18.0 Å². The van der Waals surface area contributed by atoms with Crippen LogP contribution in [-0.2, 0) is 0 Å². The second-order valence-electron chi connectivity index (χ2n) is 4.73. The van der Waals surface area contributed by atoms with E-state index in [0.717, 1.165) is 24.7 Å². The molecular weight excluding hydrogens is 212 g/mol. The molecule has 1 saturated heterocycles. The zero-order valence-corrected chi connectivity index (χ0v) is 10.8. The van der Waals surface area contributed by atoms with Gasteiger partial charge in [-0.1, -0.05) is 0 Å². The molecule has 1 aliphatic rings. The quantitative estimate of drug-likeness (QED) is 0.862. The van der Waals surface area contributed by atoms with Crippen LogP contribution in [0.5, 0.6) is 0 Å². The lowest BCUT2D eigenvalue weighted by atomic mass is 10.00. The molecule has 94 valence electrons. The third-order valence-corrected chi connectivity index (χ3v) is 3.39. The van der Waals surface area contributed by atoms with Crippen LogP contribution < -0.4 is 10.2 Å². The van der Waals surface area contributed by atoms with E-state index in [1.807, 2.05) is 26.2 Å². The highest BCUT2D eigenvalue weighted by Crippen LogP contribution is 2.23. The molecule has 1 N–H and O–H groups in total. The van der Waals surface area contributed by atoms with Crippen molar-refractivity contribution in [3.8, 4) is 0 Å². The molecule has 0 radical (unpaired) electrons. The lowest BCUT2D eigenvalue weighted by Crippen LogP contribution is -2.42. The van der Waals surface area contributed by atoms with E-state index < -0.39 is 0 Å². The van der Waals surface area contributed by atoms with Crippen LogP contribution in [0.1, 0.15) is 31.4 Å². The molecule has 0 aromatic carbocycles. The summed E-state index contributed by atoms with van der Waals surface area (Å²) < 4.78 is 0. The summed E-state index contributed by atoms with van der Waals surface area (Å²) in [6.07, 6.45) is 6.89. The van der Waals surface area contributed by atoms with Crippen LogP contribution in [-0.4, -0.2) is 36.1 Å². The highest BCUT2D eigenvalue weighted by Gasteiger charge is 2.23. The monoisotopic (exact) mass is 234 g/mol. The summed E-state index contributed by atoms with van der Waals surface area (Å²) in [6, 6.07) is 2.55. The maximum atomic E-state index is 4.55. The molecule has 0 bridgehead atoms. The molecule has 1 aromatic heterocycles. The average Bonchev–Trinajstić information content (AvgIpc) is 2.37. The Kier molecular flexibility index (Phi) is 4.31. The minimum absolute atomic E-state index is 0.595. The zero-order chi connectivity index (χ0) is 12.1. The van der Waals surface area contributed by atoms with Crippen molar-refractivity contribution in [1.29, 1.82) is 0 Å². The third-order valence-electron chi connectivity index (χ3n) is 3.39. The van der Waals surface area contributed by atoms with E-state index in [1.54, 1.807) is 0 Å². The van der Waals surface area contributed by atoms with Crippen LogP contribution >= 0.6 is 0 Å². The van der Waals surface area contributed by atoms with E-state index in [2.05, 4.69) is 20.2 Å². The smallest absolute Gasteiger partial charge is 0.225 e. The van der Waals surface area contributed by atoms with Crippen LogP contribution in [0.4, 0.5) is 5.95 Å². The SMILES string of the molecule is CNCCC1CCCCN1c1nccc(C)n1.